The zero-order valence-electron chi connectivity index (χ0n) is 14.2. The van der Waals surface area contributed by atoms with Gasteiger partial charge in [-0.25, -0.2) is 19.6 Å². The van der Waals surface area contributed by atoms with Crippen LogP contribution in [0.4, 0.5) is 11.5 Å². The van der Waals surface area contributed by atoms with Gasteiger partial charge in [-0.3, -0.25) is 4.79 Å². The first-order chi connectivity index (χ1) is 12.8. The van der Waals surface area contributed by atoms with Crippen LogP contribution < -0.4 is 10.2 Å². The number of aromatic nitrogens is 5. The Labute approximate surface area is 150 Å². The van der Waals surface area contributed by atoms with Crippen molar-refractivity contribution >= 4 is 17.4 Å². The highest BCUT2D eigenvalue weighted by molar-refractivity contribution is 5.93. The van der Waals surface area contributed by atoms with E-state index in [-0.39, 0.29) is 11.8 Å². The Morgan fingerprint density at radius 2 is 1.96 bits per heavy atom. The molecule has 3 aromatic rings. The zero-order chi connectivity index (χ0) is 17.8. The van der Waals surface area contributed by atoms with Crippen LogP contribution in [0, 0.1) is 5.92 Å². The Hall–Kier alpha value is -3.29. The lowest BCUT2D eigenvalue weighted by atomic mass is 9.97. The van der Waals surface area contributed by atoms with Crippen molar-refractivity contribution in [3.63, 3.8) is 0 Å². The number of hydrogen-bond donors (Lipinski definition) is 1. The fourth-order valence-electron chi connectivity index (χ4n) is 3.13. The van der Waals surface area contributed by atoms with Gasteiger partial charge >= 0.3 is 0 Å². The number of nitrogens with zero attached hydrogens (tertiary/aromatic N) is 6. The minimum Gasteiger partial charge on any atom is -0.356 e. The maximum Gasteiger partial charge on any atom is 0.229 e. The summed E-state index contributed by atoms with van der Waals surface area (Å²) in [6.45, 7) is 1.50. The first-order valence-electron chi connectivity index (χ1n) is 8.57. The molecule has 8 nitrogen and oxygen atoms in total. The van der Waals surface area contributed by atoms with Crippen molar-refractivity contribution < 1.29 is 4.79 Å². The van der Waals surface area contributed by atoms with Crippen LogP contribution in [0.5, 0.6) is 0 Å². The van der Waals surface area contributed by atoms with Gasteiger partial charge in [0.1, 0.15) is 24.8 Å². The van der Waals surface area contributed by atoms with Crippen LogP contribution in [0.2, 0.25) is 0 Å². The molecular formula is C18H19N7O. The van der Waals surface area contributed by atoms with E-state index in [9.17, 15) is 4.79 Å². The van der Waals surface area contributed by atoms with Gasteiger partial charge in [0.05, 0.1) is 5.92 Å². The SMILES string of the molecule is O=C(Nc1ccccc1)C1CCCN(c2cc(-n3cncn3)ncn2)C1. The molecule has 0 radical (unpaired) electrons. The summed E-state index contributed by atoms with van der Waals surface area (Å²) >= 11 is 0. The molecule has 1 unspecified atom stereocenters. The third-order valence-corrected chi connectivity index (χ3v) is 4.45. The number of nitrogens with one attached hydrogen (secondary N) is 1. The molecule has 1 saturated heterocycles. The third kappa shape index (κ3) is 3.53. The summed E-state index contributed by atoms with van der Waals surface area (Å²) < 4.78 is 1.59. The smallest absolute Gasteiger partial charge is 0.229 e. The molecule has 1 aliphatic rings. The van der Waals surface area contributed by atoms with Gasteiger partial charge in [-0.1, -0.05) is 18.2 Å². The highest BCUT2D eigenvalue weighted by atomic mass is 16.1. The molecule has 0 saturated carbocycles. The van der Waals surface area contributed by atoms with Crippen LogP contribution >= 0.6 is 0 Å². The predicted molar refractivity (Wildman–Crippen MR) is 97.0 cm³/mol. The van der Waals surface area contributed by atoms with E-state index in [1.165, 1.54) is 12.7 Å². The van der Waals surface area contributed by atoms with Crippen molar-refractivity contribution in [1.29, 1.82) is 0 Å². The van der Waals surface area contributed by atoms with Crippen molar-refractivity contribution in [2.24, 2.45) is 5.92 Å². The number of carbonyl (C=O) groups excluding carboxylic acids is 1. The fraction of sp³-hybridized carbons (Fsp3) is 0.278. The molecule has 4 rings (SSSR count). The van der Waals surface area contributed by atoms with Gasteiger partial charge in [-0.2, -0.15) is 5.10 Å². The number of para-hydroxylation sites is 1. The minimum atomic E-state index is -0.0752. The van der Waals surface area contributed by atoms with Crippen molar-refractivity contribution in [1.82, 2.24) is 24.7 Å². The molecule has 1 fully saturated rings. The van der Waals surface area contributed by atoms with Crippen LogP contribution in [0.1, 0.15) is 12.8 Å². The van der Waals surface area contributed by atoms with E-state index >= 15 is 0 Å². The Morgan fingerprint density at radius 1 is 1.12 bits per heavy atom. The van der Waals surface area contributed by atoms with Gasteiger partial charge in [0.15, 0.2) is 5.82 Å². The number of rotatable bonds is 4. The first-order valence-corrected chi connectivity index (χ1v) is 8.57. The molecule has 1 amide bonds. The Bertz CT molecular complexity index is 866. The molecule has 132 valence electrons. The molecule has 1 N–H and O–H groups in total. The summed E-state index contributed by atoms with van der Waals surface area (Å²) in [6.07, 6.45) is 6.39. The molecule has 1 atom stereocenters. The van der Waals surface area contributed by atoms with E-state index in [2.05, 4.69) is 30.3 Å². The summed E-state index contributed by atoms with van der Waals surface area (Å²) in [6, 6.07) is 11.4. The number of hydrogen-bond acceptors (Lipinski definition) is 6. The topological polar surface area (TPSA) is 88.8 Å². The van der Waals surface area contributed by atoms with E-state index in [1.807, 2.05) is 36.4 Å². The Morgan fingerprint density at radius 3 is 2.77 bits per heavy atom. The molecular weight excluding hydrogens is 330 g/mol. The molecule has 2 aromatic heterocycles. The summed E-state index contributed by atoms with van der Waals surface area (Å²) in [4.78, 5) is 27.3. The summed E-state index contributed by atoms with van der Waals surface area (Å²) in [5.74, 6) is 1.42. The van der Waals surface area contributed by atoms with Crippen molar-refractivity contribution in [3.05, 3.63) is 55.4 Å². The van der Waals surface area contributed by atoms with E-state index in [1.54, 1.807) is 11.0 Å². The highest BCUT2D eigenvalue weighted by Gasteiger charge is 2.27. The van der Waals surface area contributed by atoms with Crippen molar-refractivity contribution in [2.45, 2.75) is 12.8 Å². The standard InChI is InChI=1S/C18H19N7O/c26-18(23-15-6-2-1-3-7-15)14-5-4-8-24(10-14)16-9-17(21-12-20-16)25-13-19-11-22-25/h1-3,6-7,9,11-14H,4-5,8,10H2,(H,23,26). The van der Waals surface area contributed by atoms with Crippen LogP contribution in [-0.4, -0.2) is 43.7 Å². The maximum absolute atomic E-state index is 12.6. The Kier molecular flexibility index (Phi) is 4.55. The quantitative estimate of drug-likeness (QED) is 0.774. The molecule has 1 aromatic carbocycles. The second-order valence-corrected chi connectivity index (χ2v) is 6.21. The normalized spacial score (nSPS) is 17.1. The highest BCUT2D eigenvalue weighted by Crippen LogP contribution is 2.23. The van der Waals surface area contributed by atoms with Crippen LogP contribution in [-0.2, 0) is 4.79 Å². The molecule has 26 heavy (non-hydrogen) atoms. The number of benzene rings is 1. The van der Waals surface area contributed by atoms with E-state index in [0.717, 1.165) is 30.9 Å². The lowest BCUT2D eigenvalue weighted by Crippen LogP contribution is -2.41. The number of carbonyl (C=O) groups is 1. The second kappa shape index (κ2) is 7.30. The Balaban J connectivity index is 1.47. The van der Waals surface area contributed by atoms with Crippen molar-refractivity contribution in [2.75, 3.05) is 23.3 Å². The largest absolute Gasteiger partial charge is 0.356 e. The molecule has 0 spiro atoms. The zero-order valence-corrected chi connectivity index (χ0v) is 14.2. The van der Waals surface area contributed by atoms with Crippen LogP contribution in [0.3, 0.4) is 0 Å². The number of anilines is 2. The minimum absolute atomic E-state index is 0.0476. The lowest BCUT2D eigenvalue weighted by molar-refractivity contribution is -0.120. The van der Waals surface area contributed by atoms with Gasteiger partial charge in [-0.05, 0) is 25.0 Å². The van der Waals surface area contributed by atoms with E-state index in [4.69, 9.17) is 0 Å². The van der Waals surface area contributed by atoms with Crippen molar-refractivity contribution in [3.8, 4) is 5.82 Å². The average molecular weight is 349 g/mol. The molecule has 0 bridgehead atoms. The van der Waals surface area contributed by atoms with Crippen LogP contribution in [0.25, 0.3) is 5.82 Å². The summed E-state index contributed by atoms with van der Waals surface area (Å²) in [5, 5.41) is 7.09. The monoisotopic (exact) mass is 349 g/mol. The maximum atomic E-state index is 12.6. The van der Waals surface area contributed by atoms with Gasteiger partial charge in [0, 0.05) is 24.8 Å². The number of amides is 1. The van der Waals surface area contributed by atoms with Gasteiger partial charge in [-0.15, -0.1) is 0 Å². The number of piperidine rings is 1. The second-order valence-electron chi connectivity index (χ2n) is 6.21. The summed E-state index contributed by atoms with van der Waals surface area (Å²) in [5.41, 5.74) is 0.824. The summed E-state index contributed by atoms with van der Waals surface area (Å²) in [7, 11) is 0. The first kappa shape index (κ1) is 16.2. The van der Waals surface area contributed by atoms with E-state index in [0.29, 0.717) is 12.4 Å². The van der Waals surface area contributed by atoms with E-state index < -0.39 is 0 Å². The van der Waals surface area contributed by atoms with Gasteiger partial charge in [0.25, 0.3) is 0 Å². The molecule has 3 heterocycles. The third-order valence-electron chi connectivity index (χ3n) is 4.45. The van der Waals surface area contributed by atoms with Gasteiger partial charge in [0.2, 0.25) is 5.91 Å². The predicted octanol–water partition coefficient (Wildman–Crippen LogP) is 1.91. The molecule has 1 aliphatic heterocycles. The molecule has 8 heteroatoms. The lowest BCUT2D eigenvalue weighted by Gasteiger charge is -2.32. The van der Waals surface area contributed by atoms with Crippen LogP contribution in [0.15, 0.2) is 55.4 Å². The fourth-order valence-corrected chi connectivity index (χ4v) is 3.13. The molecule has 0 aliphatic carbocycles. The van der Waals surface area contributed by atoms with Gasteiger partial charge < -0.3 is 10.2 Å². The average Bonchev–Trinajstić information content (AvgIpc) is 3.24.